The summed E-state index contributed by atoms with van der Waals surface area (Å²) in [7, 11) is 1.44. The predicted octanol–water partition coefficient (Wildman–Crippen LogP) is 6.76. The summed E-state index contributed by atoms with van der Waals surface area (Å²) >= 11 is 7.74. The van der Waals surface area contributed by atoms with Crippen LogP contribution in [0, 0.1) is 13.8 Å². The van der Waals surface area contributed by atoms with Gasteiger partial charge >= 0.3 is 5.91 Å². The predicted molar refractivity (Wildman–Crippen MR) is 148 cm³/mol. The smallest absolute Gasteiger partial charge is 0.301 e. The molecule has 37 heavy (non-hydrogen) atoms. The normalized spacial score (nSPS) is 17.1. The fourth-order valence-corrected chi connectivity index (χ4v) is 6.13. The van der Waals surface area contributed by atoms with E-state index in [1.54, 1.807) is 12.1 Å². The van der Waals surface area contributed by atoms with Crippen LogP contribution in [0.5, 0.6) is 5.75 Å². The molecule has 0 spiro atoms. The van der Waals surface area contributed by atoms with E-state index in [2.05, 4.69) is 6.92 Å². The number of carbonyl (C=O) groups is 2. The molecule has 0 radical (unpaired) electrons. The molecule has 1 aliphatic heterocycles. The van der Waals surface area contributed by atoms with E-state index in [0.29, 0.717) is 15.7 Å². The molecule has 1 unspecified atom stereocenters. The van der Waals surface area contributed by atoms with Crippen LogP contribution >= 0.6 is 22.9 Å². The van der Waals surface area contributed by atoms with Crippen LogP contribution in [0.3, 0.4) is 0 Å². The monoisotopic (exact) mass is 532 g/mol. The summed E-state index contributed by atoms with van der Waals surface area (Å²) in [6.45, 7) is 5.83. The minimum atomic E-state index is -0.880. The molecule has 1 fully saturated rings. The van der Waals surface area contributed by atoms with Crippen molar-refractivity contribution in [2.75, 3.05) is 12.0 Å². The minimum absolute atomic E-state index is 0.0379. The number of methoxy groups -OCH3 is 1. The minimum Gasteiger partial charge on any atom is -0.507 e. The number of hydrogen-bond donors (Lipinski definition) is 1. The summed E-state index contributed by atoms with van der Waals surface area (Å²) in [4.78, 5) is 33.2. The number of ether oxygens (including phenoxy) is 1. The number of carbonyl (C=O) groups excluding carboxylic acids is 2. The van der Waals surface area contributed by atoms with E-state index < -0.39 is 17.7 Å². The van der Waals surface area contributed by atoms with Gasteiger partial charge in [-0.3, -0.25) is 14.5 Å². The summed E-state index contributed by atoms with van der Waals surface area (Å²) in [5, 5.41) is 12.3. The maximum atomic E-state index is 13.6. The van der Waals surface area contributed by atoms with Crippen molar-refractivity contribution in [1.82, 2.24) is 4.98 Å². The van der Waals surface area contributed by atoms with E-state index in [-0.39, 0.29) is 22.6 Å². The third-order valence-electron chi connectivity index (χ3n) is 6.51. The molecule has 0 aliphatic carbocycles. The van der Waals surface area contributed by atoms with E-state index in [0.717, 1.165) is 33.3 Å². The van der Waals surface area contributed by atoms with Crippen molar-refractivity contribution in [2.45, 2.75) is 33.2 Å². The highest BCUT2D eigenvalue weighted by Gasteiger charge is 2.48. The number of fused-ring (bicyclic) bond motifs is 1. The van der Waals surface area contributed by atoms with Crippen LogP contribution in [0.4, 0.5) is 5.13 Å². The first kappa shape index (κ1) is 25.0. The molecule has 188 valence electrons. The molecule has 1 atom stereocenters. The van der Waals surface area contributed by atoms with Gasteiger partial charge in [0.25, 0.3) is 5.78 Å². The molecule has 1 amide bonds. The Bertz CT molecular complexity index is 1610. The molecule has 2 heterocycles. The first-order valence-electron chi connectivity index (χ1n) is 11.8. The van der Waals surface area contributed by atoms with Gasteiger partial charge < -0.3 is 9.84 Å². The largest absolute Gasteiger partial charge is 0.507 e. The lowest BCUT2D eigenvalue weighted by molar-refractivity contribution is -0.132. The standard InChI is InChI=1S/C29H25ClN2O4S/c1-5-17-9-10-21-22(14-17)37-29(31-21)32-24(18-8-6-7-15(2)11-18)23(26(34)28(32)35)25(33)19-12-16(3)13-20(30)27(19)36-4/h6-14,24,33H,5H2,1-4H3/b25-23+. The Morgan fingerprint density at radius 3 is 2.59 bits per heavy atom. The fraction of sp³-hybridized carbons (Fsp3) is 0.207. The van der Waals surface area contributed by atoms with Gasteiger partial charge in [0.2, 0.25) is 0 Å². The van der Waals surface area contributed by atoms with Crippen molar-refractivity contribution in [3.63, 3.8) is 0 Å². The number of aryl methyl sites for hydroxylation is 3. The Morgan fingerprint density at radius 2 is 1.89 bits per heavy atom. The van der Waals surface area contributed by atoms with Crippen LogP contribution in [0.15, 0.2) is 60.2 Å². The van der Waals surface area contributed by atoms with Crippen LogP contribution in [0.25, 0.3) is 16.0 Å². The maximum absolute atomic E-state index is 13.6. The van der Waals surface area contributed by atoms with E-state index >= 15 is 0 Å². The molecule has 0 saturated carbocycles. The molecule has 1 aromatic heterocycles. The number of rotatable bonds is 5. The molecule has 4 aromatic rings. The van der Waals surface area contributed by atoms with Gasteiger partial charge in [0.05, 0.1) is 39.5 Å². The topological polar surface area (TPSA) is 79.7 Å². The maximum Gasteiger partial charge on any atom is 0.301 e. The number of aromatic nitrogens is 1. The number of hydrogen-bond acceptors (Lipinski definition) is 6. The highest BCUT2D eigenvalue weighted by molar-refractivity contribution is 7.22. The van der Waals surface area contributed by atoms with Crippen LogP contribution in [0.2, 0.25) is 5.02 Å². The first-order valence-corrected chi connectivity index (χ1v) is 13.0. The third-order valence-corrected chi connectivity index (χ3v) is 7.80. The number of thiazole rings is 1. The molecule has 6 nitrogen and oxygen atoms in total. The zero-order chi connectivity index (χ0) is 26.4. The van der Waals surface area contributed by atoms with Gasteiger partial charge in [0, 0.05) is 0 Å². The van der Waals surface area contributed by atoms with Crippen molar-refractivity contribution >= 4 is 55.7 Å². The molecule has 8 heteroatoms. The highest BCUT2D eigenvalue weighted by Crippen LogP contribution is 2.46. The number of ketones is 1. The fourth-order valence-electron chi connectivity index (χ4n) is 4.72. The summed E-state index contributed by atoms with van der Waals surface area (Å²) in [5.74, 6) is -1.66. The number of aliphatic hydroxyl groups is 1. The van der Waals surface area contributed by atoms with Gasteiger partial charge in [0.1, 0.15) is 11.5 Å². The Hall–Kier alpha value is -3.68. The first-order chi connectivity index (χ1) is 17.7. The van der Waals surface area contributed by atoms with Gasteiger partial charge in [-0.2, -0.15) is 0 Å². The third kappa shape index (κ3) is 4.28. The van der Waals surface area contributed by atoms with E-state index in [1.165, 1.54) is 23.3 Å². The molecule has 3 aromatic carbocycles. The Labute approximate surface area is 223 Å². The van der Waals surface area contributed by atoms with Gasteiger partial charge in [-0.05, 0) is 61.2 Å². The lowest BCUT2D eigenvalue weighted by Gasteiger charge is -2.23. The zero-order valence-corrected chi connectivity index (χ0v) is 22.4. The highest BCUT2D eigenvalue weighted by atomic mass is 35.5. The van der Waals surface area contributed by atoms with Crippen LogP contribution in [0.1, 0.15) is 40.8 Å². The zero-order valence-electron chi connectivity index (χ0n) is 20.8. The molecule has 1 N–H and O–H groups in total. The number of Topliss-reactive ketones (excluding diaryl/α,β-unsaturated/α-hetero) is 1. The average molecular weight is 533 g/mol. The molecule has 5 rings (SSSR count). The Balaban J connectivity index is 1.77. The summed E-state index contributed by atoms with van der Waals surface area (Å²) in [6, 6.07) is 16.0. The van der Waals surface area contributed by atoms with E-state index in [1.807, 2.05) is 56.3 Å². The quantitative estimate of drug-likeness (QED) is 0.174. The van der Waals surface area contributed by atoms with Crippen LogP contribution < -0.4 is 9.64 Å². The second-order valence-electron chi connectivity index (χ2n) is 9.06. The molecule has 0 bridgehead atoms. The van der Waals surface area contributed by atoms with Gasteiger partial charge in [0.15, 0.2) is 5.13 Å². The average Bonchev–Trinajstić information content (AvgIpc) is 3.40. The number of halogens is 1. The van der Waals surface area contributed by atoms with E-state index in [4.69, 9.17) is 21.3 Å². The second kappa shape index (κ2) is 9.65. The number of amides is 1. The summed E-state index contributed by atoms with van der Waals surface area (Å²) < 4.78 is 6.38. The molecule has 1 saturated heterocycles. The lowest BCUT2D eigenvalue weighted by Crippen LogP contribution is -2.29. The van der Waals surface area contributed by atoms with Crippen molar-refractivity contribution in [3.8, 4) is 5.75 Å². The number of anilines is 1. The number of nitrogens with zero attached hydrogens (tertiary/aromatic N) is 2. The number of aliphatic hydroxyl groups excluding tert-OH is 1. The number of benzene rings is 3. The van der Waals surface area contributed by atoms with Crippen molar-refractivity contribution < 1.29 is 19.4 Å². The summed E-state index contributed by atoms with van der Waals surface area (Å²) in [5.41, 5.74) is 4.52. The van der Waals surface area contributed by atoms with Gasteiger partial charge in [-0.25, -0.2) is 4.98 Å². The van der Waals surface area contributed by atoms with Gasteiger partial charge in [-0.15, -0.1) is 0 Å². The van der Waals surface area contributed by atoms with Crippen LogP contribution in [-0.4, -0.2) is 28.9 Å². The van der Waals surface area contributed by atoms with Crippen molar-refractivity contribution in [2.24, 2.45) is 0 Å². The molecule has 1 aliphatic rings. The second-order valence-corrected chi connectivity index (χ2v) is 10.5. The van der Waals surface area contributed by atoms with Crippen molar-refractivity contribution in [3.05, 3.63) is 93.0 Å². The van der Waals surface area contributed by atoms with Crippen LogP contribution in [-0.2, 0) is 16.0 Å². The SMILES string of the molecule is CCc1ccc2nc(N3C(=O)C(=O)/C(=C(/O)c4cc(C)cc(Cl)c4OC)C3c3cccc(C)c3)sc2c1. The van der Waals surface area contributed by atoms with Gasteiger partial charge in [-0.1, -0.05) is 65.8 Å². The van der Waals surface area contributed by atoms with E-state index in [9.17, 15) is 14.7 Å². The lowest BCUT2D eigenvalue weighted by atomic mass is 9.94. The summed E-state index contributed by atoms with van der Waals surface area (Å²) in [6.07, 6.45) is 0.873. The Morgan fingerprint density at radius 1 is 1.11 bits per heavy atom. The van der Waals surface area contributed by atoms with Crippen molar-refractivity contribution in [1.29, 1.82) is 0 Å². The Kier molecular flexibility index (Phi) is 6.52. The molecular weight excluding hydrogens is 508 g/mol. The molecular formula is C29H25ClN2O4S.